The molecule has 1 unspecified atom stereocenters. The number of carbonyl (C=O) groups is 1. The van der Waals surface area contributed by atoms with Gasteiger partial charge in [0, 0.05) is 13.1 Å². The molecule has 0 saturated carbocycles. The van der Waals surface area contributed by atoms with Crippen LogP contribution in [0.2, 0.25) is 0 Å². The van der Waals surface area contributed by atoms with Crippen LogP contribution in [0.25, 0.3) is 0 Å². The van der Waals surface area contributed by atoms with Gasteiger partial charge in [0.1, 0.15) is 0 Å². The van der Waals surface area contributed by atoms with Crippen molar-refractivity contribution in [2.24, 2.45) is 0 Å². The lowest BCUT2D eigenvalue weighted by molar-refractivity contribution is -0.137. The lowest BCUT2D eigenvalue weighted by atomic mass is 9.88. The van der Waals surface area contributed by atoms with Crippen LogP contribution in [0.5, 0.6) is 0 Å². The Balaban J connectivity index is 2.20. The van der Waals surface area contributed by atoms with E-state index in [0.29, 0.717) is 5.91 Å². The quantitative estimate of drug-likeness (QED) is 0.666. The maximum Gasteiger partial charge on any atom is 0.238 e. The highest BCUT2D eigenvalue weighted by Crippen LogP contribution is 2.39. The zero-order valence-corrected chi connectivity index (χ0v) is 9.74. The van der Waals surface area contributed by atoms with E-state index < -0.39 is 0 Å². The molecule has 0 aromatic rings. The Morgan fingerprint density at radius 1 is 1.14 bits per heavy atom. The molecule has 2 heterocycles. The van der Waals surface area contributed by atoms with Crippen LogP contribution in [-0.4, -0.2) is 34.9 Å². The molecular formula is C11H19NOS. The second kappa shape index (κ2) is 4.13. The zero-order valence-electron chi connectivity index (χ0n) is 8.92. The molecule has 0 aromatic heterocycles. The minimum absolute atomic E-state index is 0.0430. The van der Waals surface area contributed by atoms with Crippen molar-refractivity contribution in [3.05, 3.63) is 0 Å². The molecule has 3 heteroatoms. The molecule has 2 aliphatic heterocycles. The first-order valence-electron chi connectivity index (χ1n) is 5.63. The van der Waals surface area contributed by atoms with Gasteiger partial charge in [-0.05, 0) is 31.9 Å². The van der Waals surface area contributed by atoms with E-state index in [-0.39, 0.29) is 4.75 Å². The van der Waals surface area contributed by atoms with Gasteiger partial charge in [-0.2, -0.15) is 0 Å². The summed E-state index contributed by atoms with van der Waals surface area (Å²) in [5.74, 6) is 0.427. The van der Waals surface area contributed by atoms with Gasteiger partial charge < -0.3 is 4.90 Å². The fraction of sp³-hybridized carbons (Fsp3) is 0.909. The highest BCUT2D eigenvalue weighted by Gasteiger charge is 2.43. The van der Waals surface area contributed by atoms with E-state index in [2.05, 4.69) is 11.2 Å². The minimum Gasteiger partial charge on any atom is -0.341 e. The van der Waals surface area contributed by atoms with Crippen molar-refractivity contribution >= 4 is 17.7 Å². The summed E-state index contributed by atoms with van der Waals surface area (Å²) in [5, 5.41) is 0. The second-order valence-electron chi connectivity index (χ2n) is 4.40. The average molecular weight is 213 g/mol. The molecule has 2 bridgehead atoms. The Morgan fingerprint density at radius 2 is 1.86 bits per heavy atom. The van der Waals surface area contributed by atoms with Crippen molar-refractivity contribution in [2.75, 3.05) is 19.3 Å². The summed E-state index contributed by atoms with van der Waals surface area (Å²) in [6, 6.07) is 0. The number of piperidine rings is 1. The first-order valence-corrected chi connectivity index (χ1v) is 6.85. The summed E-state index contributed by atoms with van der Waals surface area (Å²) in [6.45, 7) is 2.00. The normalized spacial score (nSPS) is 33.8. The highest BCUT2D eigenvalue weighted by atomic mass is 32.2. The van der Waals surface area contributed by atoms with Crippen LogP contribution < -0.4 is 0 Å². The van der Waals surface area contributed by atoms with Gasteiger partial charge in [0.2, 0.25) is 5.91 Å². The van der Waals surface area contributed by atoms with E-state index in [0.717, 1.165) is 25.9 Å². The summed E-state index contributed by atoms with van der Waals surface area (Å²) >= 11 is 1.79. The van der Waals surface area contributed by atoms with E-state index in [1.165, 1.54) is 25.7 Å². The van der Waals surface area contributed by atoms with Gasteiger partial charge in [0.15, 0.2) is 0 Å². The van der Waals surface area contributed by atoms with Crippen molar-refractivity contribution in [1.29, 1.82) is 0 Å². The molecule has 2 aliphatic rings. The molecule has 14 heavy (non-hydrogen) atoms. The maximum absolute atomic E-state index is 12.2. The van der Waals surface area contributed by atoms with Crippen LogP contribution in [0, 0.1) is 0 Å². The smallest absolute Gasteiger partial charge is 0.238 e. The molecule has 1 atom stereocenters. The molecule has 0 aromatic carbocycles. The zero-order chi connectivity index (χ0) is 10.0. The van der Waals surface area contributed by atoms with Gasteiger partial charge in [-0.3, -0.25) is 4.79 Å². The number of amides is 1. The van der Waals surface area contributed by atoms with Gasteiger partial charge in [0.25, 0.3) is 0 Å². The number of nitrogens with zero attached hydrogens (tertiary/aromatic N) is 1. The third-order valence-corrected chi connectivity index (χ3v) is 4.95. The fourth-order valence-electron chi connectivity index (χ4n) is 2.68. The van der Waals surface area contributed by atoms with Crippen LogP contribution in [0.15, 0.2) is 0 Å². The average Bonchev–Trinajstić information content (AvgIpc) is 2.22. The van der Waals surface area contributed by atoms with Crippen LogP contribution in [0.3, 0.4) is 0 Å². The van der Waals surface area contributed by atoms with Gasteiger partial charge >= 0.3 is 0 Å². The molecule has 1 amide bonds. The van der Waals surface area contributed by atoms with E-state index in [9.17, 15) is 4.79 Å². The van der Waals surface area contributed by atoms with Gasteiger partial charge in [-0.25, -0.2) is 0 Å². The SMILES string of the molecule is CSC12CCCCCN(CCC1)C2=O. The minimum atomic E-state index is -0.0430. The lowest BCUT2D eigenvalue weighted by Crippen LogP contribution is -2.52. The predicted molar refractivity (Wildman–Crippen MR) is 60.5 cm³/mol. The Bertz CT molecular complexity index is 231. The van der Waals surface area contributed by atoms with Crippen LogP contribution in [0.1, 0.15) is 38.5 Å². The summed E-state index contributed by atoms with van der Waals surface area (Å²) < 4.78 is -0.0430. The third-order valence-electron chi connectivity index (χ3n) is 3.59. The third kappa shape index (κ3) is 1.67. The van der Waals surface area contributed by atoms with Crippen molar-refractivity contribution in [1.82, 2.24) is 4.90 Å². The molecule has 2 fully saturated rings. The van der Waals surface area contributed by atoms with Crippen molar-refractivity contribution in [3.8, 4) is 0 Å². The lowest BCUT2D eigenvalue weighted by Gasteiger charge is -2.42. The van der Waals surface area contributed by atoms with Crippen molar-refractivity contribution < 1.29 is 4.79 Å². The highest BCUT2D eigenvalue weighted by molar-refractivity contribution is 8.00. The molecule has 80 valence electrons. The summed E-state index contributed by atoms with van der Waals surface area (Å²) in [4.78, 5) is 14.3. The Hall–Kier alpha value is -0.180. The van der Waals surface area contributed by atoms with E-state index in [1.54, 1.807) is 11.8 Å². The number of thioether (sulfide) groups is 1. The Labute approximate surface area is 90.4 Å². The summed E-state index contributed by atoms with van der Waals surface area (Å²) in [5.41, 5.74) is 0. The molecule has 2 nitrogen and oxygen atoms in total. The Morgan fingerprint density at radius 3 is 2.64 bits per heavy atom. The topological polar surface area (TPSA) is 20.3 Å². The van der Waals surface area contributed by atoms with Crippen LogP contribution in [0.4, 0.5) is 0 Å². The Kier molecular flexibility index (Phi) is 3.05. The number of hydrogen-bond donors (Lipinski definition) is 0. The van der Waals surface area contributed by atoms with Crippen LogP contribution >= 0.6 is 11.8 Å². The molecular weight excluding hydrogens is 194 g/mol. The standard InChI is InChI=1S/C11H19NOS/c1-14-11-6-3-2-4-8-12(10(11)13)9-5-7-11/h2-9H2,1H3. The van der Waals surface area contributed by atoms with Gasteiger partial charge in [-0.1, -0.05) is 12.8 Å². The maximum atomic E-state index is 12.2. The molecule has 2 saturated heterocycles. The fourth-order valence-corrected chi connectivity index (χ4v) is 3.68. The van der Waals surface area contributed by atoms with E-state index in [1.807, 2.05) is 0 Å². The first kappa shape index (κ1) is 10.3. The van der Waals surface area contributed by atoms with Crippen LogP contribution in [-0.2, 0) is 4.79 Å². The molecule has 2 rings (SSSR count). The number of carbonyl (C=O) groups excluding carboxylic acids is 1. The number of hydrogen-bond acceptors (Lipinski definition) is 2. The van der Waals surface area contributed by atoms with Gasteiger partial charge in [-0.15, -0.1) is 11.8 Å². The number of fused-ring (bicyclic) bond motifs is 2. The number of rotatable bonds is 1. The largest absolute Gasteiger partial charge is 0.341 e. The second-order valence-corrected chi connectivity index (χ2v) is 5.59. The molecule has 0 N–H and O–H groups in total. The summed E-state index contributed by atoms with van der Waals surface area (Å²) in [7, 11) is 0. The van der Waals surface area contributed by atoms with Gasteiger partial charge in [0.05, 0.1) is 4.75 Å². The summed E-state index contributed by atoms with van der Waals surface area (Å²) in [6.07, 6.45) is 9.24. The predicted octanol–water partition coefficient (Wildman–Crippen LogP) is 2.28. The molecule has 0 spiro atoms. The van der Waals surface area contributed by atoms with E-state index in [4.69, 9.17) is 0 Å². The molecule has 0 aliphatic carbocycles. The van der Waals surface area contributed by atoms with Crippen molar-refractivity contribution in [2.45, 2.75) is 43.3 Å². The molecule has 0 radical (unpaired) electrons. The first-order chi connectivity index (χ1) is 6.78. The van der Waals surface area contributed by atoms with Crippen molar-refractivity contribution in [3.63, 3.8) is 0 Å². The monoisotopic (exact) mass is 213 g/mol. The van der Waals surface area contributed by atoms with E-state index >= 15 is 0 Å².